The summed E-state index contributed by atoms with van der Waals surface area (Å²) in [4.78, 5) is 0. The quantitative estimate of drug-likeness (QED) is 0.515. The Morgan fingerprint density at radius 2 is 1.94 bits per heavy atom. The first-order chi connectivity index (χ1) is 7.72. The molecule has 0 heterocycles. The minimum Gasteiger partial charge on any atom is -0.103 e. The maximum absolute atomic E-state index is 3.76. The summed E-state index contributed by atoms with van der Waals surface area (Å²) in [7, 11) is 0.0575. The van der Waals surface area contributed by atoms with Crippen LogP contribution in [0.3, 0.4) is 0 Å². The minimum absolute atomic E-state index is 0.0575. The van der Waals surface area contributed by atoms with Crippen LogP contribution < -0.4 is 0 Å². The molecule has 0 aliphatic heterocycles. The van der Waals surface area contributed by atoms with E-state index < -0.39 is 0 Å². The summed E-state index contributed by atoms with van der Waals surface area (Å²) >= 11 is 0. The van der Waals surface area contributed by atoms with Gasteiger partial charge >= 0.3 is 0 Å². The van der Waals surface area contributed by atoms with Gasteiger partial charge in [-0.25, -0.2) is 0 Å². The molecular formula is C15H22Si. The maximum Gasteiger partial charge on any atom is 0.0453 e. The lowest BCUT2D eigenvalue weighted by molar-refractivity contribution is 0.916. The molecule has 0 unspecified atom stereocenters. The summed E-state index contributed by atoms with van der Waals surface area (Å²) in [6, 6.07) is 10.2. The second-order valence-electron chi connectivity index (χ2n) is 4.47. The van der Waals surface area contributed by atoms with Crippen LogP contribution in [0.15, 0.2) is 42.1 Å². The van der Waals surface area contributed by atoms with Crippen LogP contribution in [0.25, 0.3) is 6.08 Å². The van der Waals surface area contributed by atoms with Crippen LogP contribution in [0.4, 0.5) is 0 Å². The monoisotopic (exact) mass is 230 g/mol. The van der Waals surface area contributed by atoms with Crippen molar-refractivity contribution in [3.63, 3.8) is 0 Å². The minimum atomic E-state index is 0.0575. The third-order valence-electron chi connectivity index (χ3n) is 2.69. The molecule has 1 aromatic carbocycles. The SMILES string of the molecule is C=Cc1ccc(CCC[SiH2]C=C(C)C)cc1. The van der Waals surface area contributed by atoms with Crippen molar-refractivity contribution >= 4 is 15.6 Å². The molecule has 1 heteroatoms. The van der Waals surface area contributed by atoms with E-state index in [1.54, 1.807) is 0 Å². The molecule has 0 nitrogen and oxygen atoms in total. The molecule has 0 spiro atoms. The van der Waals surface area contributed by atoms with Crippen molar-refractivity contribution < 1.29 is 0 Å². The third kappa shape index (κ3) is 5.13. The van der Waals surface area contributed by atoms with Crippen LogP contribution in [0.2, 0.25) is 6.04 Å². The number of allylic oxidation sites excluding steroid dienone is 1. The molecule has 0 amide bonds. The van der Waals surface area contributed by atoms with E-state index in [9.17, 15) is 0 Å². The number of benzene rings is 1. The Morgan fingerprint density at radius 3 is 2.50 bits per heavy atom. The zero-order valence-corrected chi connectivity index (χ0v) is 11.9. The van der Waals surface area contributed by atoms with Crippen LogP contribution in [-0.2, 0) is 6.42 Å². The van der Waals surface area contributed by atoms with E-state index in [2.05, 4.69) is 50.4 Å². The van der Waals surface area contributed by atoms with Gasteiger partial charge in [-0.1, -0.05) is 55.0 Å². The fourth-order valence-corrected chi connectivity index (χ4v) is 3.00. The summed E-state index contributed by atoms with van der Waals surface area (Å²) in [5, 5.41) is 0. The summed E-state index contributed by atoms with van der Waals surface area (Å²) in [6.07, 6.45) is 4.45. The van der Waals surface area contributed by atoms with Crippen molar-refractivity contribution in [3.8, 4) is 0 Å². The fourth-order valence-electron chi connectivity index (χ4n) is 1.68. The highest BCUT2D eigenvalue weighted by atomic mass is 28.2. The summed E-state index contributed by atoms with van der Waals surface area (Å²) in [6.45, 7) is 8.15. The highest BCUT2D eigenvalue weighted by molar-refractivity contribution is 6.42. The van der Waals surface area contributed by atoms with Gasteiger partial charge in [0.1, 0.15) is 0 Å². The van der Waals surface area contributed by atoms with Gasteiger partial charge in [0.25, 0.3) is 0 Å². The molecule has 0 aromatic heterocycles. The third-order valence-corrected chi connectivity index (χ3v) is 4.70. The van der Waals surface area contributed by atoms with E-state index in [1.807, 2.05) is 6.08 Å². The Morgan fingerprint density at radius 1 is 1.25 bits per heavy atom. The topological polar surface area (TPSA) is 0 Å². The van der Waals surface area contributed by atoms with E-state index in [1.165, 1.54) is 35.6 Å². The molecule has 1 rings (SSSR count). The number of hydrogen-bond donors (Lipinski definition) is 0. The zero-order chi connectivity index (χ0) is 11.8. The molecule has 0 radical (unpaired) electrons. The summed E-state index contributed by atoms with van der Waals surface area (Å²) < 4.78 is 0. The Hall–Kier alpha value is -1.08. The lowest BCUT2D eigenvalue weighted by Crippen LogP contribution is -1.90. The molecule has 0 aliphatic carbocycles. The molecule has 0 bridgehead atoms. The van der Waals surface area contributed by atoms with Crippen molar-refractivity contribution in [1.29, 1.82) is 0 Å². The van der Waals surface area contributed by atoms with E-state index in [-0.39, 0.29) is 9.52 Å². The first-order valence-corrected chi connectivity index (χ1v) is 7.89. The van der Waals surface area contributed by atoms with Crippen LogP contribution in [0.5, 0.6) is 0 Å². The Kier molecular flexibility index (Phi) is 5.87. The first-order valence-electron chi connectivity index (χ1n) is 6.07. The second-order valence-corrected chi connectivity index (χ2v) is 6.17. The number of rotatable bonds is 6. The van der Waals surface area contributed by atoms with Crippen LogP contribution in [0, 0.1) is 0 Å². The first kappa shape index (κ1) is 13.0. The normalized spacial score (nSPS) is 10.6. The van der Waals surface area contributed by atoms with Crippen molar-refractivity contribution in [2.24, 2.45) is 0 Å². The highest BCUT2D eigenvalue weighted by Crippen LogP contribution is 2.08. The van der Waals surface area contributed by atoms with Gasteiger partial charge in [-0.05, 0) is 31.4 Å². The average molecular weight is 230 g/mol. The lowest BCUT2D eigenvalue weighted by Gasteiger charge is -2.01. The fraction of sp³-hybridized carbons (Fsp3) is 0.333. The van der Waals surface area contributed by atoms with Crippen molar-refractivity contribution in [2.75, 3.05) is 0 Å². The largest absolute Gasteiger partial charge is 0.103 e. The van der Waals surface area contributed by atoms with Crippen LogP contribution in [0.1, 0.15) is 31.4 Å². The summed E-state index contributed by atoms with van der Waals surface area (Å²) in [5.41, 5.74) is 6.61. The van der Waals surface area contributed by atoms with Crippen molar-refractivity contribution in [1.82, 2.24) is 0 Å². The zero-order valence-electron chi connectivity index (χ0n) is 10.5. The molecule has 0 saturated carbocycles. The predicted molar refractivity (Wildman–Crippen MR) is 77.6 cm³/mol. The maximum atomic E-state index is 3.76. The Balaban J connectivity index is 2.26. The highest BCUT2D eigenvalue weighted by Gasteiger charge is 1.93. The van der Waals surface area contributed by atoms with Gasteiger partial charge in [-0.15, -0.1) is 5.70 Å². The predicted octanol–water partition coefficient (Wildman–Crippen LogP) is 3.77. The standard InChI is InChI=1S/C15H22Si/c1-4-14-7-9-15(10-8-14)6-5-11-16-12-13(2)3/h4,7-10,12H,1,5-6,11,16H2,2-3H3. The Labute approximate surface area is 102 Å². The van der Waals surface area contributed by atoms with Crippen molar-refractivity contribution in [3.05, 3.63) is 53.2 Å². The smallest absolute Gasteiger partial charge is 0.0453 e. The van der Waals surface area contributed by atoms with Crippen LogP contribution >= 0.6 is 0 Å². The van der Waals surface area contributed by atoms with Gasteiger partial charge in [0.2, 0.25) is 0 Å². The van der Waals surface area contributed by atoms with E-state index in [4.69, 9.17) is 0 Å². The van der Waals surface area contributed by atoms with E-state index in [0.29, 0.717) is 0 Å². The van der Waals surface area contributed by atoms with Gasteiger partial charge in [0.05, 0.1) is 0 Å². The molecule has 0 saturated heterocycles. The van der Waals surface area contributed by atoms with Gasteiger partial charge < -0.3 is 0 Å². The van der Waals surface area contributed by atoms with E-state index >= 15 is 0 Å². The molecular weight excluding hydrogens is 208 g/mol. The number of hydrogen-bond acceptors (Lipinski definition) is 0. The molecule has 0 fully saturated rings. The summed E-state index contributed by atoms with van der Waals surface area (Å²) in [5.74, 6) is 0. The molecule has 1 aromatic rings. The second kappa shape index (κ2) is 7.23. The molecule has 16 heavy (non-hydrogen) atoms. The van der Waals surface area contributed by atoms with Gasteiger partial charge in [-0.2, -0.15) is 0 Å². The molecule has 0 N–H and O–H groups in total. The lowest BCUT2D eigenvalue weighted by atomic mass is 10.1. The molecule has 0 aliphatic rings. The average Bonchev–Trinajstić information content (AvgIpc) is 2.29. The van der Waals surface area contributed by atoms with Gasteiger partial charge in [-0.3, -0.25) is 0 Å². The van der Waals surface area contributed by atoms with Gasteiger partial charge in [0, 0.05) is 9.52 Å². The number of aryl methyl sites for hydroxylation is 1. The van der Waals surface area contributed by atoms with Crippen molar-refractivity contribution in [2.45, 2.75) is 32.7 Å². The molecule has 0 atom stereocenters. The molecule has 86 valence electrons. The Bertz CT molecular complexity index is 342. The van der Waals surface area contributed by atoms with E-state index in [0.717, 1.165) is 0 Å². The van der Waals surface area contributed by atoms with Gasteiger partial charge in [0.15, 0.2) is 0 Å². The van der Waals surface area contributed by atoms with Crippen LogP contribution in [-0.4, -0.2) is 9.52 Å².